The number of alkyl halides is 3. The maximum absolute atomic E-state index is 12.4. The van der Waals surface area contributed by atoms with Gasteiger partial charge in [0.25, 0.3) is 5.91 Å². The Morgan fingerprint density at radius 1 is 1.30 bits per heavy atom. The molecule has 1 amide bonds. The lowest BCUT2D eigenvalue weighted by Crippen LogP contribution is -2.60. The first kappa shape index (κ1) is 22.4. The van der Waals surface area contributed by atoms with Crippen LogP contribution in [0.15, 0.2) is 36.7 Å². The highest BCUT2D eigenvalue weighted by atomic mass is 32.2. The number of thiophene rings is 1. The van der Waals surface area contributed by atoms with E-state index in [2.05, 4.69) is 4.98 Å². The van der Waals surface area contributed by atoms with Crippen molar-refractivity contribution in [1.29, 1.82) is 0 Å². The molecule has 2 fully saturated rings. The zero-order chi connectivity index (χ0) is 21.9. The Labute approximate surface area is 179 Å². The Bertz CT molecular complexity index is 899. The predicted molar refractivity (Wildman–Crippen MR) is 107 cm³/mol. The number of thioether (sulfide) groups is 1. The third kappa shape index (κ3) is 5.45. The molecule has 0 aromatic carbocycles. The summed E-state index contributed by atoms with van der Waals surface area (Å²) in [6, 6.07) is 7.78. The number of hydrogen-bond donors (Lipinski definition) is 1. The summed E-state index contributed by atoms with van der Waals surface area (Å²) in [4.78, 5) is 29.4. The fourth-order valence-electron chi connectivity index (χ4n) is 3.21. The zero-order valence-electron chi connectivity index (χ0n) is 15.9. The number of pyridine rings is 1. The van der Waals surface area contributed by atoms with Gasteiger partial charge in [-0.1, -0.05) is 0 Å². The summed E-state index contributed by atoms with van der Waals surface area (Å²) < 4.78 is 37.9. The number of hydrogen-bond acceptors (Lipinski definition) is 6. The Hall–Kier alpha value is -2.27. The molecule has 6 nitrogen and oxygen atoms in total. The number of aliphatic carboxylic acids is 1. The van der Waals surface area contributed by atoms with Gasteiger partial charge in [-0.2, -0.15) is 13.2 Å². The van der Waals surface area contributed by atoms with E-state index in [0.29, 0.717) is 0 Å². The summed E-state index contributed by atoms with van der Waals surface area (Å²) in [5.74, 6) is -0.774. The van der Waals surface area contributed by atoms with Gasteiger partial charge in [0.15, 0.2) is 0 Å². The van der Waals surface area contributed by atoms with E-state index in [0.717, 1.165) is 35.9 Å². The average molecular weight is 460 g/mol. The van der Waals surface area contributed by atoms with Gasteiger partial charge in [-0.15, -0.1) is 23.1 Å². The van der Waals surface area contributed by atoms with Crippen LogP contribution in [0.2, 0.25) is 0 Å². The first-order chi connectivity index (χ1) is 14.1. The van der Waals surface area contributed by atoms with Crippen LogP contribution in [-0.2, 0) is 4.79 Å². The summed E-state index contributed by atoms with van der Waals surface area (Å²) in [7, 11) is 0. The number of aryl methyl sites for hydroxylation is 1. The van der Waals surface area contributed by atoms with E-state index in [1.165, 1.54) is 4.88 Å². The first-order valence-electron chi connectivity index (χ1n) is 8.94. The zero-order valence-corrected chi connectivity index (χ0v) is 17.5. The van der Waals surface area contributed by atoms with Gasteiger partial charge in [0.05, 0.1) is 15.8 Å². The van der Waals surface area contributed by atoms with E-state index < -0.39 is 12.1 Å². The molecule has 2 aromatic rings. The molecule has 162 valence electrons. The molecule has 4 heterocycles. The Morgan fingerprint density at radius 3 is 2.53 bits per heavy atom. The molecule has 2 aliphatic heterocycles. The smallest absolute Gasteiger partial charge is 0.488 e. The number of aromatic nitrogens is 1. The van der Waals surface area contributed by atoms with Gasteiger partial charge in [0.1, 0.15) is 11.9 Å². The average Bonchev–Trinajstić information content (AvgIpc) is 3.27. The maximum atomic E-state index is 12.4. The topological polar surface area (TPSA) is 79.7 Å². The number of carboxylic acids is 1. The minimum absolute atomic E-state index is 0.172. The third-order valence-electron chi connectivity index (χ3n) is 4.55. The number of likely N-dealkylation sites (tertiary alicyclic amines) is 1. The Morgan fingerprint density at radius 2 is 2.00 bits per heavy atom. The molecule has 0 bridgehead atoms. The molecular weight excluding hydrogens is 441 g/mol. The summed E-state index contributed by atoms with van der Waals surface area (Å²) in [6.07, 6.45) is -0.365. The lowest BCUT2D eigenvalue weighted by molar-refractivity contribution is -0.192. The van der Waals surface area contributed by atoms with Gasteiger partial charge in [-0.3, -0.25) is 9.78 Å². The molecule has 2 aliphatic rings. The largest absolute Gasteiger partial charge is 0.490 e. The highest BCUT2D eigenvalue weighted by Crippen LogP contribution is 2.46. The molecule has 11 heteroatoms. The molecule has 1 atom stereocenters. The SMILES string of the molecule is Cc1ccc(C(=O)N2CC3(CC(Oc4cccnc4)CS3)C2)s1.O=C(O)C(F)(F)F. The lowest BCUT2D eigenvalue weighted by Gasteiger charge is -2.47. The second-order valence-electron chi connectivity index (χ2n) is 7.00. The number of halogens is 3. The van der Waals surface area contributed by atoms with Gasteiger partial charge in [-0.25, -0.2) is 4.79 Å². The molecule has 2 aromatic heterocycles. The van der Waals surface area contributed by atoms with Crippen molar-refractivity contribution < 1.29 is 32.6 Å². The van der Waals surface area contributed by atoms with E-state index in [4.69, 9.17) is 14.6 Å². The normalized spacial score (nSPS) is 19.6. The fourth-order valence-corrected chi connectivity index (χ4v) is 5.56. The van der Waals surface area contributed by atoms with Crippen LogP contribution in [-0.4, -0.2) is 62.7 Å². The monoisotopic (exact) mass is 460 g/mol. The number of carbonyl (C=O) groups excluding carboxylic acids is 1. The highest BCUT2D eigenvalue weighted by molar-refractivity contribution is 8.01. The summed E-state index contributed by atoms with van der Waals surface area (Å²) in [5, 5.41) is 7.12. The second kappa shape index (κ2) is 8.84. The minimum Gasteiger partial charge on any atom is -0.488 e. The molecule has 1 spiro atoms. The van der Waals surface area contributed by atoms with Crippen LogP contribution in [0.1, 0.15) is 21.0 Å². The van der Waals surface area contributed by atoms with E-state index >= 15 is 0 Å². The number of ether oxygens (including phenoxy) is 1. The van der Waals surface area contributed by atoms with Crippen LogP contribution in [0, 0.1) is 6.92 Å². The minimum atomic E-state index is -5.08. The number of carboxylic acid groups (broad SMARTS) is 1. The fraction of sp³-hybridized carbons (Fsp3) is 0.421. The number of carbonyl (C=O) groups is 2. The van der Waals surface area contributed by atoms with Crippen molar-refractivity contribution in [2.75, 3.05) is 18.8 Å². The van der Waals surface area contributed by atoms with Crippen LogP contribution < -0.4 is 4.74 Å². The van der Waals surface area contributed by atoms with Crippen molar-refractivity contribution in [3.05, 3.63) is 46.4 Å². The molecule has 30 heavy (non-hydrogen) atoms. The van der Waals surface area contributed by atoms with Crippen LogP contribution in [0.25, 0.3) is 0 Å². The molecule has 1 unspecified atom stereocenters. The Balaban J connectivity index is 0.000000318. The van der Waals surface area contributed by atoms with Crippen LogP contribution >= 0.6 is 23.1 Å². The lowest BCUT2D eigenvalue weighted by atomic mass is 9.92. The quantitative estimate of drug-likeness (QED) is 0.749. The molecule has 0 radical (unpaired) electrons. The van der Waals surface area contributed by atoms with Gasteiger partial charge in [0, 0.05) is 36.3 Å². The Kier molecular flexibility index (Phi) is 6.61. The molecule has 2 saturated heterocycles. The van der Waals surface area contributed by atoms with E-state index in [1.807, 2.05) is 47.9 Å². The second-order valence-corrected chi connectivity index (χ2v) is 9.78. The van der Waals surface area contributed by atoms with Crippen molar-refractivity contribution in [3.63, 3.8) is 0 Å². The van der Waals surface area contributed by atoms with Gasteiger partial charge in [-0.05, 0) is 31.2 Å². The highest BCUT2D eigenvalue weighted by Gasteiger charge is 2.51. The van der Waals surface area contributed by atoms with E-state index in [-0.39, 0.29) is 16.8 Å². The van der Waals surface area contributed by atoms with Crippen molar-refractivity contribution >= 4 is 35.0 Å². The first-order valence-corrected chi connectivity index (χ1v) is 10.7. The number of rotatable bonds is 3. The molecule has 0 aliphatic carbocycles. The van der Waals surface area contributed by atoms with Crippen molar-refractivity contribution in [2.45, 2.75) is 30.4 Å². The van der Waals surface area contributed by atoms with E-state index in [1.54, 1.807) is 23.7 Å². The standard InChI is InChI=1S/C17H18N2O2S2.C2HF3O2/c1-12-4-5-15(23-12)16(20)19-10-17(11-19)7-14(9-22-17)21-13-3-2-6-18-8-13;3-2(4,5)1(6)7/h2-6,8,14H,7,9-11H2,1H3;(H,6,7). The summed E-state index contributed by atoms with van der Waals surface area (Å²) in [6.45, 7) is 3.70. The van der Waals surface area contributed by atoms with Gasteiger partial charge >= 0.3 is 12.1 Å². The molecule has 1 N–H and O–H groups in total. The van der Waals surface area contributed by atoms with Crippen LogP contribution in [0.3, 0.4) is 0 Å². The van der Waals surface area contributed by atoms with E-state index in [9.17, 15) is 18.0 Å². The number of amides is 1. The van der Waals surface area contributed by atoms with Crippen LogP contribution in [0.5, 0.6) is 5.75 Å². The molecule has 0 saturated carbocycles. The third-order valence-corrected chi connectivity index (χ3v) is 7.12. The van der Waals surface area contributed by atoms with Gasteiger partial charge in [0.2, 0.25) is 0 Å². The maximum Gasteiger partial charge on any atom is 0.490 e. The molecular formula is C19H19F3N2O4S2. The molecule has 4 rings (SSSR count). The van der Waals surface area contributed by atoms with Crippen molar-refractivity contribution in [2.24, 2.45) is 0 Å². The van der Waals surface area contributed by atoms with Crippen molar-refractivity contribution in [3.8, 4) is 5.75 Å². The summed E-state index contributed by atoms with van der Waals surface area (Å²) >= 11 is 3.52. The number of nitrogens with zero attached hydrogens (tertiary/aromatic N) is 2. The van der Waals surface area contributed by atoms with Crippen LogP contribution in [0.4, 0.5) is 13.2 Å². The van der Waals surface area contributed by atoms with Crippen molar-refractivity contribution in [1.82, 2.24) is 9.88 Å². The van der Waals surface area contributed by atoms with Gasteiger partial charge < -0.3 is 14.7 Å². The predicted octanol–water partition coefficient (Wildman–Crippen LogP) is 3.86. The summed E-state index contributed by atoms with van der Waals surface area (Å²) in [5.41, 5.74) is 0.